The van der Waals surface area contributed by atoms with Crippen molar-refractivity contribution in [1.29, 1.82) is 0 Å². The fourth-order valence-electron chi connectivity index (χ4n) is 2.12. The van der Waals surface area contributed by atoms with Crippen LogP contribution < -0.4 is 4.74 Å². The molecule has 0 aliphatic carbocycles. The van der Waals surface area contributed by atoms with Crippen molar-refractivity contribution in [2.75, 3.05) is 40.4 Å². The predicted molar refractivity (Wildman–Crippen MR) is 92.1 cm³/mol. The number of benzene rings is 1. The summed E-state index contributed by atoms with van der Waals surface area (Å²) in [7, 11) is 4.35. The van der Waals surface area contributed by atoms with Gasteiger partial charge < -0.3 is 14.3 Å². The lowest BCUT2D eigenvalue weighted by Crippen LogP contribution is -2.42. The number of halogens is 1. The van der Waals surface area contributed by atoms with E-state index in [1.807, 2.05) is 12.1 Å². The Morgan fingerprint density at radius 2 is 1.85 bits per heavy atom. The summed E-state index contributed by atoms with van der Waals surface area (Å²) in [6, 6.07) is 8.17. The van der Waals surface area contributed by atoms with Crippen molar-refractivity contribution < 1.29 is 14.3 Å². The van der Waals surface area contributed by atoms with Gasteiger partial charge in [-0.25, -0.2) is 0 Å². The Balaban J connectivity index is 2.03. The maximum absolute atomic E-state index is 8.97. The zero-order chi connectivity index (χ0) is 14.8. The molecule has 4 heteroatoms. The van der Waals surface area contributed by atoms with Crippen LogP contribution in [-0.4, -0.2) is 50.0 Å². The SMILES string of the molecule is C[N+](C)(CCO)CCCCCCOc1cccc(I)c1. The van der Waals surface area contributed by atoms with Gasteiger partial charge in [-0.15, -0.1) is 0 Å². The lowest BCUT2D eigenvalue weighted by atomic mass is 10.2. The summed E-state index contributed by atoms with van der Waals surface area (Å²) < 4.78 is 7.86. The lowest BCUT2D eigenvalue weighted by molar-refractivity contribution is -0.890. The Labute approximate surface area is 136 Å². The summed E-state index contributed by atoms with van der Waals surface area (Å²) in [5.41, 5.74) is 0. The molecule has 20 heavy (non-hydrogen) atoms. The molecule has 1 aromatic carbocycles. The van der Waals surface area contributed by atoms with Gasteiger partial charge in [-0.05, 0) is 66.5 Å². The molecular weight excluding hydrogens is 365 g/mol. The van der Waals surface area contributed by atoms with Gasteiger partial charge in [-0.2, -0.15) is 0 Å². The summed E-state index contributed by atoms with van der Waals surface area (Å²) >= 11 is 2.30. The highest BCUT2D eigenvalue weighted by atomic mass is 127. The maximum Gasteiger partial charge on any atom is 0.120 e. The van der Waals surface area contributed by atoms with Gasteiger partial charge in [0.1, 0.15) is 12.3 Å². The smallest absolute Gasteiger partial charge is 0.120 e. The predicted octanol–water partition coefficient (Wildman–Crippen LogP) is 3.30. The van der Waals surface area contributed by atoms with Crippen LogP contribution in [0.2, 0.25) is 0 Å². The Kier molecular flexibility index (Phi) is 8.49. The van der Waals surface area contributed by atoms with Crippen molar-refractivity contribution in [1.82, 2.24) is 0 Å². The summed E-state index contributed by atoms with van der Waals surface area (Å²) in [5, 5.41) is 8.97. The van der Waals surface area contributed by atoms with E-state index < -0.39 is 0 Å². The number of aliphatic hydroxyl groups excluding tert-OH is 1. The van der Waals surface area contributed by atoms with E-state index in [9.17, 15) is 0 Å². The van der Waals surface area contributed by atoms with Crippen molar-refractivity contribution in [2.24, 2.45) is 0 Å². The first kappa shape index (κ1) is 17.7. The fraction of sp³-hybridized carbons (Fsp3) is 0.625. The van der Waals surface area contributed by atoms with E-state index in [1.165, 1.54) is 22.8 Å². The molecule has 0 spiro atoms. The highest BCUT2D eigenvalue weighted by molar-refractivity contribution is 14.1. The summed E-state index contributed by atoms with van der Waals surface area (Å²) in [6.07, 6.45) is 4.78. The summed E-state index contributed by atoms with van der Waals surface area (Å²) in [5.74, 6) is 0.970. The van der Waals surface area contributed by atoms with Gasteiger partial charge in [0, 0.05) is 3.57 Å². The van der Waals surface area contributed by atoms with Crippen LogP contribution in [0.15, 0.2) is 24.3 Å². The molecule has 0 aliphatic heterocycles. The number of nitrogens with zero attached hydrogens (tertiary/aromatic N) is 1. The summed E-state index contributed by atoms with van der Waals surface area (Å²) in [4.78, 5) is 0. The average Bonchev–Trinajstić information content (AvgIpc) is 2.37. The van der Waals surface area contributed by atoms with Gasteiger partial charge in [-0.1, -0.05) is 6.07 Å². The van der Waals surface area contributed by atoms with Crippen LogP contribution in [0.1, 0.15) is 25.7 Å². The Morgan fingerprint density at radius 1 is 1.10 bits per heavy atom. The van der Waals surface area contributed by atoms with E-state index in [2.05, 4.69) is 48.8 Å². The minimum absolute atomic E-state index is 0.275. The number of quaternary nitrogens is 1. The number of aliphatic hydroxyl groups is 1. The third-order valence-corrected chi connectivity index (χ3v) is 4.10. The first-order chi connectivity index (χ1) is 9.53. The second-order valence-corrected chi connectivity index (χ2v) is 7.07. The van der Waals surface area contributed by atoms with Crippen LogP contribution in [0.25, 0.3) is 0 Å². The van der Waals surface area contributed by atoms with Gasteiger partial charge >= 0.3 is 0 Å². The third-order valence-electron chi connectivity index (χ3n) is 3.43. The van der Waals surface area contributed by atoms with E-state index in [0.29, 0.717) is 0 Å². The number of hydrogen-bond acceptors (Lipinski definition) is 2. The van der Waals surface area contributed by atoms with Crippen molar-refractivity contribution in [3.8, 4) is 5.75 Å². The zero-order valence-corrected chi connectivity index (χ0v) is 14.8. The average molecular weight is 392 g/mol. The molecule has 0 unspecified atom stereocenters. The molecule has 0 atom stereocenters. The van der Waals surface area contributed by atoms with Crippen molar-refractivity contribution in [2.45, 2.75) is 25.7 Å². The topological polar surface area (TPSA) is 29.5 Å². The Morgan fingerprint density at radius 3 is 2.55 bits per heavy atom. The molecule has 1 N–H and O–H groups in total. The molecule has 0 aliphatic rings. The summed E-state index contributed by atoms with van der Waals surface area (Å²) in [6.45, 7) is 3.06. The molecule has 0 radical (unpaired) electrons. The van der Waals surface area contributed by atoms with Crippen LogP contribution in [0, 0.1) is 3.57 Å². The molecule has 1 aromatic rings. The minimum atomic E-state index is 0.275. The van der Waals surface area contributed by atoms with Crippen LogP contribution in [0.5, 0.6) is 5.75 Å². The van der Waals surface area contributed by atoms with Gasteiger partial charge in [0.25, 0.3) is 0 Å². The number of rotatable bonds is 10. The number of likely N-dealkylation sites (N-methyl/N-ethyl adjacent to an activating group) is 1. The van der Waals surface area contributed by atoms with Gasteiger partial charge in [0.2, 0.25) is 0 Å². The van der Waals surface area contributed by atoms with E-state index in [4.69, 9.17) is 9.84 Å². The van der Waals surface area contributed by atoms with E-state index in [-0.39, 0.29) is 6.61 Å². The number of ether oxygens (including phenoxy) is 1. The molecule has 0 heterocycles. The molecule has 1 rings (SSSR count). The zero-order valence-electron chi connectivity index (χ0n) is 12.6. The molecule has 0 saturated carbocycles. The molecule has 0 aromatic heterocycles. The van der Waals surface area contributed by atoms with E-state index in [1.54, 1.807) is 0 Å². The highest BCUT2D eigenvalue weighted by Crippen LogP contribution is 2.15. The third kappa shape index (κ3) is 8.07. The molecule has 0 saturated heterocycles. The van der Waals surface area contributed by atoms with Gasteiger partial charge in [0.15, 0.2) is 0 Å². The first-order valence-electron chi connectivity index (χ1n) is 7.35. The van der Waals surface area contributed by atoms with Crippen molar-refractivity contribution >= 4 is 22.6 Å². The number of unbranched alkanes of at least 4 members (excludes halogenated alkanes) is 3. The molecule has 114 valence electrons. The van der Waals surface area contributed by atoms with Crippen LogP contribution >= 0.6 is 22.6 Å². The molecular formula is C16H27INO2+. The molecule has 0 amide bonds. The largest absolute Gasteiger partial charge is 0.494 e. The second kappa shape index (κ2) is 9.58. The molecule has 0 bridgehead atoms. The van der Waals surface area contributed by atoms with Crippen molar-refractivity contribution in [3.05, 3.63) is 27.8 Å². The number of hydrogen-bond donors (Lipinski definition) is 1. The van der Waals surface area contributed by atoms with E-state index >= 15 is 0 Å². The standard InChI is InChI=1S/C16H27INO2/c1-18(2,11-12-19)10-5-3-4-6-13-20-16-9-7-8-15(17)14-16/h7-9,14,19H,3-6,10-13H2,1-2H3/q+1. The monoisotopic (exact) mass is 392 g/mol. The quantitative estimate of drug-likeness (QED) is 0.376. The van der Waals surface area contributed by atoms with Crippen LogP contribution in [0.3, 0.4) is 0 Å². The van der Waals surface area contributed by atoms with Crippen LogP contribution in [0.4, 0.5) is 0 Å². The highest BCUT2D eigenvalue weighted by Gasteiger charge is 2.12. The normalized spacial score (nSPS) is 11.6. The Hall–Kier alpha value is -0.330. The van der Waals surface area contributed by atoms with Gasteiger partial charge in [0.05, 0.1) is 33.9 Å². The van der Waals surface area contributed by atoms with Gasteiger partial charge in [-0.3, -0.25) is 0 Å². The molecule has 0 fully saturated rings. The lowest BCUT2D eigenvalue weighted by Gasteiger charge is -2.28. The van der Waals surface area contributed by atoms with Crippen LogP contribution in [-0.2, 0) is 0 Å². The second-order valence-electron chi connectivity index (χ2n) is 5.83. The van der Waals surface area contributed by atoms with E-state index in [0.717, 1.165) is 36.3 Å². The maximum atomic E-state index is 8.97. The first-order valence-corrected chi connectivity index (χ1v) is 8.43. The Bertz CT molecular complexity index is 382. The fourth-order valence-corrected chi connectivity index (χ4v) is 2.64. The molecule has 3 nitrogen and oxygen atoms in total. The van der Waals surface area contributed by atoms with Crippen molar-refractivity contribution in [3.63, 3.8) is 0 Å². The minimum Gasteiger partial charge on any atom is -0.494 e.